The van der Waals surface area contributed by atoms with Crippen LogP contribution in [0.25, 0.3) is 11.3 Å². The highest BCUT2D eigenvalue weighted by Gasteiger charge is 2.19. The molecule has 0 radical (unpaired) electrons. The molecule has 160 valence electrons. The highest BCUT2D eigenvalue weighted by atomic mass is 16.3. The lowest BCUT2D eigenvalue weighted by atomic mass is 10.1. The summed E-state index contributed by atoms with van der Waals surface area (Å²) >= 11 is 0. The van der Waals surface area contributed by atoms with Gasteiger partial charge in [0.05, 0.1) is 25.2 Å². The second kappa shape index (κ2) is 8.99. The Balaban J connectivity index is 1.38. The van der Waals surface area contributed by atoms with E-state index in [2.05, 4.69) is 39.7 Å². The van der Waals surface area contributed by atoms with Gasteiger partial charge in [0.15, 0.2) is 6.39 Å². The zero-order valence-electron chi connectivity index (χ0n) is 17.8. The lowest BCUT2D eigenvalue weighted by molar-refractivity contribution is -0.122. The normalized spacial score (nSPS) is 12.1. The minimum Gasteiger partial charge on any atom is -0.466 e. The van der Waals surface area contributed by atoms with E-state index >= 15 is 0 Å². The number of furan rings is 1. The third-order valence-corrected chi connectivity index (χ3v) is 5.24. The van der Waals surface area contributed by atoms with Gasteiger partial charge in [-0.2, -0.15) is 0 Å². The fraction of sp³-hybridized carbons (Fsp3) is 0.304. The third-order valence-electron chi connectivity index (χ3n) is 5.24. The van der Waals surface area contributed by atoms with Crippen LogP contribution in [-0.2, 0) is 24.3 Å². The Morgan fingerprint density at radius 1 is 1.19 bits per heavy atom. The number of amides is 1. The maximum atomic E-state index is 12.5. The zero-order valence-corrected chi connectivity index (χ0v) is 17.8. The monoisotopic (exact) mass is 419 g/mol. The van der Waals surface area contributed by atoms with Crippen molar-refractivity contribution in [1.29, 1.82) is 0 Å². The Hall–Kier alpha value is -3.68. The average Bonchev–Trinajstić information content (AvgIpc) is 3.53. The summed E-state index contributed by atoms with van der Waals surface area (Å²) in [6, 6.07) is 11.9. The predicted molar refractivity (Wildman–Crippen MR) is 114 cm³/mol. The molecule has 3 heterocycles. The van der Waals surface area contributed by atoms with Crippen LogP contribution in [0.3, 0.4) is 0 Å². The van der Waals surface area contributed by atoms with Gasteiger partial charge < -0.3 is 14.2 Å². The highest BCUT2D eigenvalue weighted by Crippen LogP contribution is 2.20. The van der Waals surface area contributed by atoms with Crippen LogP contribution < -0.4 is 5.32 Å². The smallest absolute Gasteiger partial charge is 0.230 e. The van der Waals surface area contributed by atoms with Gasteiger partial charge in [0.2, 0.25) is 5.91 Å². The van der Waals surface area contributed by atoms with Gasteiger partial charge in [-0.05, 0) is 38.0 Å². The molecule has 4 aromatic rings. The first kappa shape index (κ1) is 20.6. The van der Waals surface area contributed by atoms with E-state index in [4.69, 9.17) is 8.83 Å². The van der Waals surface area contributed by atoms with Crippen molar-refractivity contribution >= 4 is 5.91 Å². The Kier molecular flexibility index (Phi) is 5.97. The lowest BCUT2D eigenvalue weighted by Crippen LogP contribution is -2.27. The van der Waals surface area contributed by atoms with Crippen LogP contribution in [0.2, 0.25) is 0 Å². The van der Waals surface area contributed by atoms with Crippen LogP contribution in [0, 0.1) is 6.92 Å². The number of rotatable bonds is 8. The zero-order chi connectivity index (χ0) is 21.8. The van der Waals surface area contributed by atoms with Gasteiger partial charge in [-0.3, -0.25) is 4.79 Å². The summed E-state index contributed by atoms with van der Waals surface area (Å²) < 4.78 is 12.7. The van der Waals surface area contributed by atoms with Crippen LogP contribution in [0.15, 0.2) is 57.8 Å². The molecule has 1 unspecified atom stereocenters. The first-order valence-electron chi connectivity index (χ1n) is 10.3. The molecule has 1 atom stereocenters. The number of nitrogens with zero attached hydrogens (tertiary/aromatic N) is 4. The van der Waals surface area contributed by atoms with E-state index in [0.717, 1.165) is 23.4 Å². The summed E-state index contributed by atoms with van der Waals surface area (Å²) in [4.78, 5) is 16.7. The number of aromatic nitrogens is 4. The van der Waals surface area contributed by atoms with Crippen LogP contribution in [0.5, 0.6) is 0 Å². The Bertz CT molecular complexity index is 1160. The van der Waals surface area contributed by atoms with Crippen molar-refractivity contribution in [2.24, 2.45) is 0 Å². The minimum atomic E-state index is -0.392. The fourth-order valence-corrected chi connectivity index (χ4v) is 3.27. The third kappa shape index (κ3) is 4.74. The molecule has 8 heteroatoms. The van der Waals surface area contributed by atoms with Gasteiger partial charge in [0.25, 0.3) is 0 Å². The number of hydrogen-bond donors (Lipinski definition) is 1. The van der Waals surface area contributed by atoms with Crippen molar-refractivity contribution in [3.05, 3.63) is 77.5 Å². The van der Waals surface area contributed by atoms with E-state index in [0.29, 0.717) is 23.8 Å². The van der Waals surface area contributed by atoms with E-state index in [1.54, 1.807) is 11.6 Å². The molecule has 0 aliphatic heterocycles. The second-order valence-corrected chi connectivity index (χ2v) is 7.46. The van der Waals surface area contributed by atoms with Gasteiger partial charge in [-0.1, -0.05) is 36.4 Å². The van der Waals surface area contributed by atoms with Crippen molar-refractivity contribution in [3.8, 4) is 11.3 Å². The second-order valence-electron chi connectivity index (χ2n) is 7.46. The summed E-state index contributed by atoms with van der Waals surface area (Å²) in [6.07, 6.45) is 4.25. The molecule has 0 saturated heterocycles. The lowest BCUT2D eigenvalue weighted by Gasteiger charge is -2.09. The maximum Gasteiger partial charge on any atom is 0.230 e. The molecule has 31 heavy (non-hydrogen) atoms. The van der Waals surface area contributed by atoms with Gasteiger partial charge in [-0.25, -0.2) is 9.67 Å². The van der Waals surface area contributed by atoms with Gasteiger partial charge >= 0.3 is 0 Å². The summed E-state index contributed by atoms with van der Waals surface area (Å²) in [5, 5.41) is 11.3. The van der Waals surface area contributed by atoms with Crippen molar-refractivity contribution in [2.45, 2.75) is 46.2 Å². The van der Waals surface area contributed by atoms with Crippen molar-refractivity contribution in [2.75, 3.05) is 0 Å². The molecule has 0 bridgehead atoms. The van der Waals surface area contributed by atoms with E-state index in [1.807, 2.05) is 37.4 Å². The molecule has 0 aliphatic carbocycles. The summed E-state index contributed by atoms with van der Waals surface area (Å²) in [6.45, 7) is 6.41. The first-order valence-corrected chi connectivity index (χ1v) is 10.3. The first-order chi connectivity index (χ1) is 15.0. The molecule has 8 nitrogen and oxygen atoms in total. The maximum absolute atomic E-state index is 12.5. The molecule has 0 saturated carbocycles. The van der Waals surface area contributed by atoms with E-state index < -0.39 is 5.92 Å². The average molecular weight is 419 g/mol. The van der Waals surface area contributed by atoms with E-state index in [1.165, 1.54) is 12.0 Å². The number of benzene rings is 1. The predicted octanol–water partition coefficient (Wildman–Crippen LogP) is 3.87. The molecular weight excluding hydrogens is 394 g/mol. The summed E-state index contributed by atoms with van der Waals surface area (Å²) in [7, 11) is 0. The molecule has 0 spiro atoms. The molecule has 3 aromatic heterocycles. The number of oxazole rings is 1. The van der Waals surface area contributed by atoms with E-state index in [-0.39, 0.29) is 12.5 Å². The Morgan fingerprint density at radius 3 is 2.71 bits per heavy atom. The summed E-state index contributed by atoms with van der Waals surface area (Å²) in [5.74, 6) is 1.46. The number of aryl methyl sites for hydroxylation is 2. The molecule has 1 amide bonds. The standard InChI is InChI=1S/C23H25N5O3/c1-4-17-6-8-18(9-7-17)19-12-28(27-26-19)13-20-22(30-14-25-20)11-24-23(29)16(3)21-10-5-15(2)31-21/h5-10,12,14,16H,4,11,13H2,1-3H3,(H,24,29). The van der Waals surface area contributed by atoms with Gasteiger partial charge in [0, 0.05) is 5.56 Å². The minimum absolute atomic E-state index is 0.143. The Labute approximate surface area is 180 Å². The summed E-state index contributed by atoms with van der Waals surface area (Å²) in [5.41, 5.74) is 3.78. The van der Waals surface area contributed by atoms with Crippen LogP contribution in [-0.4, -0.2) is 25.9 Å². The number of carbonyl (C=O) groups excluding carboxylic acids is 1. The van der Waals surface area contributed by atoms with Gasteiger partial charge in [0.1, 0.15) is 28.7 Å². The molecule has 0 fully saturated rings. The largest absolute Gasteiger partial charge is 0.466 e. The van der Waals surface area contributed by atoms with Crippen molar-refractivity contribution in [3.63, 3.8) is 0 Å². The molecule has 1 N–H and O–H groups in total. The molecule has 4 rings (SSSR count). The SMILES string of the molecule is CCc1ccc(-c2cn(Cc3ncoc3CNC(=O)C(C)c3ccc(C)o3)nn2)cc1. The molecule has 0 aliphatic rings. The van der Waals surface area contributed by atoms with Gasteiger partial charge in [-0.15, -0.1) is 5.10 Å². The number of carbonyl (C=O) groups is 1. The van der Waals surface area contributed by atoms with E-state index in [9.17, 15) is 4.79 Å². The van der Waals surface area contributed by atoms with Crippen LogP contribution in [0.4, 0.5) is 0 Å². The topological polar surface area (TPSA) is 99.0 Å². The molecular formula is C23H25N5O3. The Morgan fingerprint density at radius 2 is 2.00 bits per heavy atom. The van der Waals surface area contributed by atoms with Crippen LogP contribution in [0.1, 0.15) is 48.3 Å². The number of nitrogens with one attached hydrogen (secondary N) is 1. The van der Waals surface area contributed by atoms with Crippen molar-refractivity contribution in [1.82, 2.24) is 25.3 Å². The highest BCUT2D eigenvalue weighted by molar-refractivity contribution is 5.82. The van der Waals surface area contributed by atoms with Crippen LogP contribution >= 0.6 is 0 Å². The molecule has 1 aromatic carbocycles. The number of hydrogen-bond acceptors (Lipinski definition) is 6. The van der Waals surface area contributed by atoms with Crippen molar-refractivity contribution < 1.29 is 13.6 Å². The fourth-order valence-electron chi connectivity index (χ4n) is 3.27. The quantitative estimate of drug-likeness (QED) is 0.466.